The molecule has 1 atom stereocenters. The number of carbonyl (C=O) groups excluding carboxylic acids is 1. The summed E-state index contributed by atoms with van der Waals surface area (Å²) in [5, 5.41) is 6.08. The monoisotopic (exact) mass is 198 g/mol. The maximum Gasteiger partial charge on any atom is 0.407 e. The van der Waals surface area contributed by atoms with Crippen molar-refractivity contribution < 1.29 is 9.53 Å². The summed E-state index contributed by atoms with van der Waals surface area (Å²) in [4.78, 5) is 11.4. The summed E-state index contributed by atoms with van der Waals surface area (Å²) in [6.45, 7) is 1.76. The summed E-state index contributed by atoms with van der Waals surface area (Å²) in [5.41, 5.74) is 0. The Labute approximate surface area is 84.4 Å². The van der Waals surface area contributed by atoms with Gasteiger partial charge in [0.25, 0.3) is 0 Å². The average Bonchev–Trinajstić information content (AvgIpc) is 2.76. The van der Waals surface area contributed by atoms with Gasteiger partial charge in [0, 0.05) is 12.6 Å². The van der Waals surface area contributed by atoms with Crippen molar-refractivity contribution in [2.45, 2.75) is 44.2 Å². The van der Waals surface area contributed by atoms with Crippen LogP contribution in [0.5, 0.6) is 0 Å². The Morgan fingerprint density at radius 2 is 2.07 bits per heavy atom. The number of rotatable bonds is 2. The van der Waals surface area contributed by atoms with E-state index in [9.17, 15) is 4.79 Å². The summed E-state index contributed by atoms with van der Waals surface area (Å²) >= 11 is 0. The van der Waals surface area contributed by atoms with Gasteiger partial charge in [-0.15, -0.1) is 0 Å². The Hall–Kier alpha value is -0.770. The largest absolute Gasteiger partial charge is 0.445 e. The molecular formula is C10H18N2O2. The average molecular weight is 198 g/mol. The van der Waals surface area contributed by atoms with E-state index in [4.69, 9.17) is 4.74 Å². The molecule has 80 valence electrons. The Kier molecular flexibility index (Phi) is 3.24. The second kappa shape index (κ2) is 4.64. The molecule has 2 N–H and O–H groups in total. The van der Waals surface area contributed by atoms with Crippen LogP contribution >= 0.6 is 0 Å². The molecule has 1 heterocycles. The lowest BCUT2D eigenvalue weighted by molar-refractivity contribution is 0.104. The van der Waals surface area contributed by atoms with Gasteiger partial charge in [-0.1, -0.05) is 12.8 Å². The third kappa shape index (κ3) is 2.61. The van der Waals surface area contributed by atoms with E-state index in [-0.39, 0.29) is 12.2 Å². The van der Waals surface area contributed by atoms with Gasteiger partial charge in [0.05, 0.1) is 0 Å². The second-order valence-electron chi connectivity index (χ2n) is 4.15. The van der Waals surface area contributed by atoms with Crippen molar-refractivity contribution >= 4 is 6.09 Å². The van der Waals surface area contributed by atoms with Crippen molar-refractivity contribution in [3.8, 4) is 0 Å². The van der Waals surface area contributed by atoms with Gasteiger partial charge in [0.1, 0.15) is 6.10 Å². The Bertz CT molecular complexity index is 176. The van der Waals surface area contributed by atoms with Crippen LogP contribution in [-0.4, -0.2) is 31.3 Å². The predicted octanol–water partition coefficient (Wildman–Crippen LogP) is 1.02. The molecule has 1 aliphatic heterocycles. The van der Waals surface area contributed by atoms with Gasteiger partial charge in [-0.3, -0.25) is 0 Å². The molecular weight excluding hydrogens is 180 g/mol. The Balaban J connectivity index is 1.66. The summed E-state index contributed by atoms with van der Waals surface area (Å²) in [6, 6.07) is 0.358. The van der Waals surface area contributed by atoms with Gasteiger partial charge in [-0.25, -0.2) is 4.79 Å². The predicted molar refractivity (Wildman–Crippen MR) is 53.1 cm³/mol. The molecule has 1 amide bonds. The van der Waals surface area contributed by atoms with Crippen molar-refractivity contribution in [3.63, 3.8) is 0 Å². The van der Waals surface area contributed by atoms with Gasteiger partial charge in [0.2, 0.25) is 0 Å². The maximum atomic E-state index is 11.4. The molecule has 0 radical (unpaired) electrons. The first-order chi connectivity index (χ1) is 6.84. The van der Waals surface area contributed by atoms with E-state index in [1.165, 1.54) is 12.8 Å². The van der Waals surface area contributed by atoms with Gasteiger partial charge in [-0.05, 0) is 25.8 Å². The van der Waals surface area contributed by atoms with Crippen LogP contribution in [0.4, 0.5) is 4.79 Å². The van der Waals surface area contributed by atoms with E-state index in [1.807, 2.05) is 0 Å². The maximum absolute atomic E-state index is 11.4. The van der Waals surface area contributed by atoms with Crippen LogP contribution in [0, 0.1) is 0 Å². The van der Waals surface area contributed by atoms with E-state index in [1.54, 1.807) is 0 Å². The minimum atomic E-state index is -0.231. The zero-order chi connectivity index (χ0) is 9.80. The molecule has 2 aliphatic rings. The van der Waals surface area contributed by atoms with E-state index in [0.29, 0.717) is 6.04 Å². The third-order valence-electron chi connectivity index (χ3n) is 2.97. The lowest BCUT2D eigenvalue weighted by atomic mass is 10.3. The van der Waals surface area contributed by atoms with E-state index < -0.39 is 0 Å². The minimum Gasteiger partial charge on any atom is -0.445 e. The molecule has 0 bridgehead atoms. The molecule has 2 rings (SSSR count). The van der Waals surface area contributed by atoms with Gasteiger partial charge in [0.15, 0.2) is 0 Å². The summed E-state index contributed by atoms with van der Waals surface area (Å²) in [7, 11) is 0. The zero-order valence-electron chi connectivity index (χ0n) is 8.42. The van der Waals surface area contributed by atoms with Crippen molar-refractivity contribution in [1.29, 1.82) is 0 Å². The van der Waals surface area contributed by atoms with E-state index >= 15 is 0 Å². The third-order valence-corrected chi connectivity index (χ3v) is 2.97. The van der Waals surface area contributed by atoms with Crippen LogP contribution in [0.25, 0.3) is 0 Å². The fourth-order valence-electron chi connectivity index (χ4n) is 2.15. The highest BCUT2D eigenvalue weighted by Gasteiger charge is 2.22. The molecule has 0 aromatic heterocycles. The SMILES string of the molecule is O=C(NC1CCCC1)OC1CCNC1. The molecule has 1 aliphatic carbocycles. The molecule has 0 aromatic carbocycles. The normalized spacial score (nSPS) is 27.9. The fraction of sp³-hybridized carbons (Fsp3) is 0.900. The van der Waals surface area contributed by atoms with Gasteiger partial charge >= 0.3 is 6.09 Å². The Morgan fingerprint density at radius 1 is 1.29 bits per heavy atom. The highest BCUT2D eigenvalue weighted by atomic mass is 16.6. The molecule has 1 unspecified atom stereocenters. The van der Waals surface area contributed by atoms with Crippen LogP contribution in [0.1, 0.15) is 32.1 Å². The zero-order valence-corrected chi connectivity index (χ0v) is 8.42. The van der Waals surface area contributed by atoms with Crippen LogP contribution < -0.4 is 10.6 Å². The topological polar surface area (TPSA) is 50.4 Å². The number of hydrogen-bond acceptors (Lipinski definition) is 3. The van der Waals surface area contributed by atoms with Crippen LogP contribution in [0.15, 0.2) is 0 Å². The second-order valence-corrected chi connectivity index (χ2v) is 4.15. The number of carbonyl (C=O) groups is 1. The van der Waals surface area contributed by atoms with Crippen LogP contribution in [0.3, 0.4) is 0 Å². The molecule has 0 aromatic rings. The number of alkyl carbamates (subject to hydrolysis) is 1. The van der Waals surface area contributed by atoms with Crippen molar-refractivity contribution in [2.24, 2.45) is 0 Å². The summed E-state index contributed by atoms with van der Waals surface area (Å²) in [5.74, 6) is 0. The van der Waals surface area contributed by atoms with Gasteiger partial charge < -0.3 is 15.4 Å². The van der Waals surface area contributed by atoms with E-state index in [2.05, 4.69) is 10.6 Å². The fourth-order valence-corrected chi connectivity index (χ4v) is 2.15. The number of nitrogens with one attached hydrogen (secondary N) is 2. The lowest BCUT2D eigenvalue weighted by Crippen LogP contribution is -2.36. The first-order valence-corrected chi connectivity index (χ1v) is 5.52. The Morgan fingerprint density at radius 3 is 2.71 bits per heavy atom. The molecule has 4 heteroatoms. The molecule has 1 saturated carbocycles. The first kappa shape index (κ1) is 9.77. The van der Waals surface area contributed by atoms with Crippen molar-refractivity contribution in [1.82, 2.24) is 10.6 Å². The lowest BCUT2D eigenvalue weighted by Gasteiger charge is -2.15. The quantitative estimate of drug-likeness (QED) is 0.696. The number of ether oxygens (including phenoxy) is 1. The molecule has 0 spiro atoms. The number of hydrogen-bond donors (Lipinski definition) is 2. The standard InChI is InChI=1S/C10H18N2O2/c13-10(12-8-3-1-2-4-8)14-9-5-6-11-7-9/h8-9,11H,1-7H2,(H,12,13). The molecule has 4 nitrogen and oxygen atoms in total. The van der Waals surface area contributed by atoms with Crippen molar-refractivity contribution in [3.05, 3.63) is 0 Å². The smallest absolute Gasteiger partial charge is 0.407 e. The molecule has 2 fully saturated rings. The highest BCUT2D eigenvalue weighted by molar-refractivity contribution is 5.67. The molecule has 1 saturated heterocycles. The minimum absolute atomic E-state index is 0.0800. The van der Waals surface area contributed by atoms with Crippen LogP contribution in [-0.2, 0) is 4.74 Å². The summed E-state index contributed by atoms with van der Waals surface area (Å²) in [6.07, 6.45) is 5.47. The first-order valence-electron chi connectivity index (χ1n) is 5.52. The van der Waals surface area contributed by atoms with Crippen molar-refractivity contribution in [2.75, 3.05) is 13.1 Å². The number of amides is 1. The summed E-state index contributed by atoms with van der Waals surface area (Å²) < 4.78 is 5.26. The van der Waals surface area contributed by atoms with Crippen LogP contribution in [0.2, 0.25) is 0 Å². The van der Waals surface area contributed by atoms with Gasteiger partial charge in [-0.2, -0.15) is 0 Å². The highest BCUT2D eigenvalue weighted by Crippen LogP contribution is 2.17. The van der Waals surface area contributed by atoms with E-state index in [0.717, 1.165) is 32.4 Å². The molecule has 14 heavy (non-hydrogen) atoms.